The lowest BCUT2D eigenvalue weighted by Gasteiger charge is -2.30. The van der Waals surface area contributed by atoms with Gasteiger partial charge in [-0.2, -0.15) is 5.26 Å². The van der Waals surface area contributed by atoms with E-state index in [-0.39, 0.29) is 11.9 Å². The number of amides is 1. The van der Waals surface area contributed by atoms with Crippen molar-refractivity contribution in [3.05, 3.63) is 59.3 Å². The maximum absolute atomic E-state index is 12.3. The van der Waals surface area contributed by atoms with Crippen LogP contribution in [0.2, 0.25) is 0 Å². The van der Waals surface area contributed by atoms with Crippen LogP contribution in [0.25, 0.3) is 0 Å². The van der Waals surface area contributed by atoms with Crippen LogP contribution in [-0.4, -0.2) is 35.4 Å². The number of nitriles is 1. The minimum atomic E-state index is 0.114. The zero-order valence-electron chi connectivity index (χ0n) is 15.1. The van der Waals surface area contributed by atoms with Crippen LogP contribution in [0.1, 0.15) is 29.7 Å². The van der Waals surface area contributed by atoms with Crippen LogP contribution in [0.5, 0.6) is 0 Å². The van der Waals surface area contributed by atoms with E-state index in [2.05, 4.69) is 41.1 Å². The van der Waals surface area contributed by atoms with Crippen LogP contribution < -0.4 is 4.90 Å². The molecule has 5 nitrogen and oxygen atoms in total. The molecule has 5 heteroatoms. The van der Waals surface area contributed by atoms with E-state index in [1.165, 1.54) is 11.1 Å². The summed E-state index contributed by atoms with van der Waals surface area (Å²) in [5.74, 6) is 1.81. The summed E-state index contributed by atoms with van der Waals surface area (Å²) in [6.07, 6.45) is 1.70. The van der Waals surface area contributed by atoms with Gasteiger partial charge in [0.25, 0.3) is 0 Å². The number of aryl methyl sites for hydroxylation is 1. The molecule has 0 saturated carbocycles. The molecule has 3 atom stereocenters. The van der Waals surface area contributed by atoms with Gasteiger partial charge in [-0.15, -0.1) is 0 Å². The molecule has 1 amide bonds. The van der Waals surface area contributed by atoms with Crippen LogP contribution in [0.3, 0.4) is 0 Å². The molecule has 0 unspecified atom stereocenters. The van der Waals surface area contributed by atoms with Gasteiger partial charge in [0.1, 0.15) is 5.82 Å². The first kappa shape index (κ1) is 16.6. The average Bonchev–Trinajstić information content (AvgIpc) is 3.20. The fraction of sp³-hybridized carbons (Fsp3) is 0.381. The van der Waals surface area contributed by atoms with Crippen LogP contribution in [0.4, 0.5) is 5.82 Å². The van der Waals surface area contributed by atoms with E-state index in [4.69, 9.17) is 5.26 Å². The molecule has 3 heterocycles. The topological polar surface area (TPSA) is 60.2 Å². The Kier molecular flexibility index (Phi) is 4.12. The normalized spacial score (nSPS) is 24.4. The third kappa shape index (κ3) is 2.72. The number of fused-ring (bicyclic) bond motifs is 1. The highest BCUT2D eigenvalue weighted by molar-refractivity contribution is 5.74. The number of carbonyl (C=O) groups excluding carboxylic acids is 1. The van der Waals surface area contributed by atoms with Crippen molar-refractivity contribution in [2.45, 2.75) is 19.9 Å². The number of rotatable bonds is 2. The van der Waals surface area contributed by atoms with Gasteiger partial charge in [-0.05, 0) is 30.2 Å². The molecule has 4 rings (SSSR count). The lowest BCUT2D eigenvalue weighted by molar-refractivity contribution is -0.130. The van der Waals surface area contributed by atoms with E-state index < -0.39 is 0 Å². The van der Waals surface area contributed by atoms with E-state index in [1.54, 1.807) is 19.2 Å². The maximum Gasteiger partial charge on any atom is 0.219 e. The molecule has 0 bridgehead atoms. The summed E-state index contributed by atoms with van der Waals surface area (Å²) >= 11 is 0. The first-order valence-corrected chi connectivity index (χ1v) is 9.02. The summed E-state index contributed by atoms with van der Waals surface area (Å²) in [5, 5.41) is 9.14. The molecule has 0 aliphatic carbocycles. The molecule has 1 aromatic carbocycles. The number of benzene rings is 1. The summed E-state index contributed by atoms with van der Waals surface area (Å²) in [6.45, 7) is 6.30. The van der Waals surface area contributed by atoms with Crippen LogP contribution in [-0.2, 0) is 4.79 Å². The highest BCUT2D eigenvalue weighted by Crippen LogP contribution is 2.46. The standard InChI is InChI=1S/C21H22N4O/c1-14-5-3-4-6-18(14)21-19-13-24(11-17(19)12-25(21)15(2)26)20-9-16(10-22)7-8-23-20/h3-9,17,19,21H,11-13H2,1-2H3/t17-,19-,21+/m1/s1. The van der Waals surface area contributed by atoms with E-state index >= 15 is 0 Å². The second-order valence-electron chi connectivity index (χ2n) is 7.32. The number of hydrogen-bond donors (Lipinski definition) is 0. The molecule has 26 heavy (non-hydrogen) atoms. The predicted octanol–water partition coefficient (Wildman–Crippen LogP) is 2.92. The highest BCUT2D eigenvalue weighted by atomic mass is 16.2. The maximum atomic E-state index is 12.3. The average molecular weight is 346 g/mol. The molecule has 0 radical (unpaired) electrons. The third-order valence-electron chi connectivity index (χ3n) is 5.77. The van der Waals surface area contributed by atoms with Gasteiger partial charge in [-0.25, -0.2) is 4.98 Å². The lowest BCUT2D eigenvalue weighted by atomic mass is 9.87. The number of pyridine rings is 1. The van der Waals surface area contributed by atoms with Crippen molar-refractivity contribution in [3.63, 3.8) is 0 Å². The van der Waals surface area contributed by atoms with E-state index in [1.807, 2.05) is 17.0 Å². The first-order valence-electron chi connectivity index (χ1n) is 9.02. The molecular formula is C21H22N4O. The Bertz CT molecular complexity index is 888. The second-order valence-corrected chi connectivity index (χ2v) is 7.32. The molecule has 2 saturated heterocycles. The van der Waals surface area contributed by atoms with E-state index in [9.17, 15) is 4.79 Å². The monoisotopic (exact) mass is 346 g/mol. The first-order chi connectivity index (χ1) is 12.6. The zero-order chi connectivity index (χ0) is 18.3. The smallest absolute Gasteiger partial charge is 0.219 e. The number of anilines is 1. The van der Waals surface area contributed by atoms with E-state index in [0.29, 0.717) is 17.4 Å². The van der Waals surface area contributed by atoms with Crippen molar-refractivity contribution < 1.29 is 4.79 Å². The van der Waals surface area contributed by atoms with Gasteiger partial charge in [0.15, 0.2) is 0 Å². The predicted molar refractivity (Wildman–Crippen MR) is 99.5 cm³/mol. The largest absolute Gasteiger partial charge is 0.356 e. The SMILES string of the molecule is CC(=O)N1C[C@H]2CN(c3cc(C#N)ccn3)C[C@H]2[C@@H]1c1ccccc1C. The van der Waals surface area contributed by atoms with Gasteiger partial charge in [-0.3, -0.25) is 4.79 Å². The Morgan fingerprint density at radius 2 is 2.04 bits per heavy atom. The summed E-state index contributed by atoms with van der Waals surface area (Å²) in [7, 11) is 0. The van der Waals surface area contributed by atoms with Crippen LogP contribution in [0.15, 0.2) is 42.6 Å². The van der Waals surface area contributed by atoms with Gasteiger partial charge in [-0.1, -0.05) is 24.3 Å². The van der Waals surface area contributed by atoms with Crippen LogP contribution >= 0.6 is 0 Å². The van der Waals surface area contributed by atoms with Gasteiger partial charge < -0.3 is 9.80 Å². The molecule has 0 N–H and O–H groups in total. The van der Waals surface area contributed by atoms with Gasteiger partial charge in [0, 0.05) is 44.6 Å². The number of nitrogens with zero attached hydrogens (tertiary/aromatic N) is 4. The minimum Gasteiger partial charge on any atom is -0.356 e. The van der Waals surface area contributed by atoms with Gasteiger partial charge in [0.2, 0.25) is 5.91 Å². The van der Waals surface area contributed by atoms with Crippen molar-refractivity contribution in [2.24, 2.45) is 11.8 Å². The lowest BCUT2D eigenvalue weighted by Crippen LogP contribution is -2.34. The molecule has 2 fully saturated rings. The van der Waals surface area contributed by atoms with Crippen molar-refractivity contribution in [1.82, 2.24) is 9.88 Å². The fourth-order valence-electron chi connectivity index (χ4n) is 4.53. The number of hydrogen-bond acceptors (Lipinski definition) is 4. The van der Waals surface area contributed by atoms with Crippen molar-refractivity contribution in [1.29, 1.82) is 5.26 Å². The van der Waals surface area contributed by atoms with Gasteiger partial charge >= 0.3 is 0 Å². The molecule has 2 aliphatic heterocycles. The Hall–Kier alpha value is -2.87. The molecule has 0 spiro atoms. The second kappa shape index (κ2) is 6.45. The van der Waals surface area contributed by atoms with Gasteiger partial charge in [0.05, 0.1) is 17.7 Å². The molecule has 132 valence electrons. The Morgan fingerprint density at radius 3 is 2.77 bits per heavy atom. The zero-order valence-corrected chi connectivity index (χ0v) is 15.1. The van der Waals surface area contributed by atoms with Crippen molar-refractivity contribution >= 4 is 11.7 Å². The Morgan fingerprint density at radius 1 is 1.23 bits per heavy atom. The summed E-state index contributed by atoms with van der Waals surface area (Å²) in [6, 6.07) is 14.2. The quantitative estimate of drug-likeness (QED) is 0.839. The number of likely N-dealkylation sites (tertiary alicyclic amines) is 1. The van der Waals surface area contributed by atoms with Crippen molar-refractivity contribution in [3.8, 4) is 6.07 Å². The summed E-state index contributed by atoms with van der Waals surface area (Å²) < 4.78 is 0. The minimum absolute atomic E-state index is 0.114. The fourth-order valence-corrected chi connectivity index (χ4v) is 4.53. The summed E-state index contributed by atoms with van der Waals surface area (Å²) in [5.41, 5.74) is 3.11. The Balaban J connectivity index is 1.66. The molecule has 1 aromatic heterocycles. The van der Waals surface area contributed by atoms with E-state index in [0.717, 1.165) is 25.5 Å². The molecular weight excluding hydrogens is 324 g/mol. The molecule has 2 aliphatic rings. The third-order valence-corrected chi connectivity index (χ3v) is 5.77. The van der Waals surface area contributed by atoms with Crippen LogP contribution in [0, 0.1) is 30.1 Å². The Labute approximate surface area is 153 Å². The van der Waals surface area contributed by atoms with Crippen molar-refractivity contribution in [2.75, 3.05) is 24.5 Å². The highest BCUT2D eigenvalue weighted by Gasteiger charge is 2.49. The molecule has 2 aromatic rings. The summed E-state index contributed by atoms with van der Waals surface area (Å²) in [4.78, 5) is 21.0. The number of carbonyl (C=O) groups is 1. The number of aromatic nitrogens is 1.